The van der Waals surface area contributed by atoms with Gasteiger partial charge in [-0.25, -0.2) is 9.97 Å². The first-order chi connectivity index (χ1) is 11.8. The second kappa shape index (κ2) is 5.80. The van der Waals surface area contributed by atoms with Crippen LogP contribution >= 0.6 is 0 Å². The maximum atomic E-state index is 9.12. The Morgan fingerprint density at radius 3 is 2.79 bits per heavy atom. The highest BCUT2D eigenvalue weighted by Crippen LogP contribution is 2.20. The molecule has 24 heavy (non-hydrogen) atoms. The fourth-order valence-corrected chi connectivity index (χ4v) is 2.99. The van der Waals surface area contributed by atoms with Gasteiger partial charge >= 0.3 is 0 Å². The van der Waals surface area contributed by atoms with E-state index in [2.05, 4.69) is 20.6 Å². The number of nitrogens with zero attached hydrogens (tertiary/aromatic N) is 4. The number of imidazole rings is 2. The molecule has 0 saturated carbocycles. The van der Waals surface area contributed by atoms with E-state index in [1.807, 2.05) is 36.4 Å². The zero-order chi connectivity index (χ0) is 16.5. The molecule has 0 unspecified atom stereocenters. The van der Waals surface area contributed by atoms with Crippen molar-refractivity contribution in [3.63, 3.8) is 0 Å². The third-order valence-electron chi connectivity index (χ3n) is 4.07. The summed E-state index contributed by atoms with van der Waals surface area (Å²) in [5.41, 5.74) is 10.2. The molecular formula is C18H16N6. The van der Waals surface area contributed by atoms with Crippen molar-refractivity contribution in [2.24, 2.45) is 5.73 Å². The number of hydrogen-bond acceptors (Lipinski definition) is 4. The average Bonchev–Trinajstić information content (AvgIpc) is 3.16. The SMILES string of the molecule is N#Cc1ccc2nc(Cc3nc4ccccc4[nH]3)n(CCN)c2c1. The molecule has 0 spiro atoms. The number of H-pyrrole nitrogens is 1. The second-order valence-electron chi connectivity index (χ2n) is 5.66. The molecule has 2 heterocycles. The molecule has 0 saturated heterocycles. The summed E-state index contributed by atoms with van der Waals surface area (Å²) in [4.78, 5) is 12.7. The smallest absolute Gasteiger partial charge is 0.117 e. The topological polar surface area (TPSA) is 96.3 Å². The highest BCUT2D eigenvalue weighted by molar-refractivity contribution is 5.78. The zero-order valence-corrected chi connectivity index (χ0v) is 13.0. The van der Waals surface area contributed by atoms with Crippen molar-refractivity contribution in [1.29, 1.82) is 5.26 Å². The van der Waals surface area contributed by atoms with Gasteiger partial charge in [0.25, 0.3) is 0 Å². The Labute approximate surface area is 138 Å². The predicted molar refractivity (Wildman–Crippen MR) is 92.4 cm³/mol. The molecule has 0 fully saturated rings. The summed E-state index contributed by atoms with van der Waals surface area (Å²) in [5.74, 6) is 1.76. The molecule has 0 atom stereocenters. The van der Waals surface area contributed by atoms with Gasteiger partial charge in [0.1, 0.15) is 11.6 Å². The molecule has 6 heteroatoms. The Hall–Kier alpha value is -3.17. The zero-order valence-electron chi connectivity index (χ0n) is 13.0. The highest BCUT2D eigenvalue weighted by Gasteiger charge is 2.13. The molecule has 3 N–H and O–H groups in total. The Balaban J connectivity index is 1.80. The molecule has 0 aliphatic heterocycles. The number of nitrogens with two attached hydrogens (primary N) is 1. The van der Waals surface area contributed by atoms with Gasteiger partial charge in [0.2, 0.25) is 0 Å². The third-order valence-corrected chi connectivity index (χ3v) is 4.07. The first-order valence-electron chi connectivity index (χ1n) is 7.81. The van der Waals surface area contributed by atoms with Gasteiger partial charge in [-0.15, -0.1) is 0 Å². The standard InChI is InChI=1S/C18H16N6/c19-7-8-24-16-9-12(11-20)5-6-15(16)23-18(24)10-17-21-13-3-1-2-4-14(13)22-17/h1-6,9H,7-8,10,19H2,(H,21,22). The van der Waals surface area contributed by atoms with Crippen LogP contribution in [0.4, 0.5) is 0 Å². The predicted octanol–water partition coefficient (Wildman–Crippen LogP) is 2.33. The van der Waals surface area contributed by atoms with E-state index in [-0.39, 0.29) is 0 Å². The Kier molecular flexibility index (Phi) is 3.48. The van der Waals surface area contributed by atoms with Crippen LogP contribution in [0.3, 0.4) is 0 Å². The first kappa shape index (κ1) is 14.4. The Morgan fingerprint density at radius 1 is 1.12 bits per heavy atom. The van der Waals surface area contributed by atoms with Crippen LogP contribution in [0.5, 0.6) is 0 Å². The molecule has 0 amide bonds. The molecule has 118 valence electrons. The van der Waals surface area contributed by atoms with Gasteiger partial charge in [-0.3, -0.25) is 0 Å². The summed E-state index contributed by atoms with van der Waals surface area (Å²) in [6.07, 6.45) is 0.589. The largest absolute Gasteiger partial charge is 0.342 e. The van der Waals surface area contributed by atoms with Gasteiger partial charge in [0.05, 0.1) is 40.1 Å². The lowest BCUT2D eigenvalue weighted by atomic mass is 10.2. The molecule has 0 aliphatic carbocycles. The van der Waals surface area contributed by atoms with E-state index in [1.165, 1.54) is 0 Å². The van der Waals surface area contributed by atoms with Crippen LogP contribution in [-0.4, -0.2) is 26.1 Å². The molecule has 4 aromatic rings. The minimum absolute atomic E-state index is 0.509. The van der Waals surface area contributed by atoms with Crippen molar-refractivity contribution in [3.8, 4) is 6.07 Å². The van der Waals surface area contributed by atoms with Crippen LogP contribution in [-0.2, 0) is 13.0 Å². The molecule has 0 radical (unpaired) electrons. The van der Waals surface area contributed by atoms with E-state index in [0.29, 0.717) is 25.1 Å². The van der Waals surface area contributed by atoms with Crippen LogP contribution in [0.2, 0.25) is 0 Å². The Morgan fingerprint density at radius 2 is 2.00 bits per heavy atom. The normalized spacial score (nSPS) is 11.2. The number of aromatic amines is 1. The third kappa shape index (κ3) is 2.41. The molecule has 2 aromatic heterocycles. The summed E-state index contributed by atoms with van der Waals surface area (Å²) in [5, 5.41) is 9.12. The van der Waals surface area contributed by atoms with Crippen LogP contribution in [0, 0.1) is 11.3 Å². The van der Waals surface area contributed by atoms with Crippen molar-refractivity contribution < 1.29 is 0 Å². The van der Waals surface area contributed by atoms with Gasteiger partial charge in [0.15, 0.2) is 0 Å². The van der Waals surface area contributed by atoms with Gasteiger partial charge in [-0.2, -0.15) is 5.26 Å². The number of nitrogens with one attached hydrogen (secondary N) is 1. The quantitative estimate of drug-likeness (QED) is 0.604. The van der Waals surface area contributed by atoms with E-state index >= 15 is 0 Å². The average molecular weight is 316 g/mol. The maximum Gasteiger partial charge on any atom is 0.117 e. The van der Waals surface area contributed by atoms with Gasteiger partial charge in [-0.1, -0.05) is 12.1 Å². The van der Waals surface area contributed by atoms with Crippen molar-refractivity contribution in [1.82, 2.24) is 19.5 Å². The van der Waals surface area contributed by atoms with E-state index in [9.17, 15) is 0 Å². The number of fused-ring (bicyclic) bond motifs is 2. The van der Waals surface area contributed by atoms with Crippen molar-refractivity contribution in [3.05, 3.63) is 59.7 Å². The first-order valence-corrected chi connectivity index (χ1v) is 7.81. The summed E-state index contributed by atoms with van der Waals surface area (Å²) in [7, 11) is 0. The summed E-state index contributed by atoms with van der Waals surface area (Å²) < 4.78 is 2.07. The summed E-state index contributed by atoms with van der Waals surface area (Å²) in [6.45, 7) is 1.16. The van der Waals surface area contributed by atoms with Crippen molar-refractivity contribution in [2.75, 3.05) is 6.54 Å². The minimum Gasteiger partial charge on any atom is -0.342 e. The number of nitriles is 1. The van der Waals surface area contributed by atoms with Gasteiger partial charge in [-0.05, 0) is 30.3 Å². The van der Waals surface area contributed by atoms with E-state index < -0.39 is 0 Å². The number of rotatable bonds is 4. The molecule has 6 nitrogen and oxygen atoms in total. The van der Waals surface area contributed by atoms with Crippen LogP contribution in [0.25, 0.3) is 22.1 Å². The van der Waals surface area contributed by atoms with Crippen LogP contribution in [0.15, 0.2) is 42.5 Å². The highest BCUT2D eigenvalue weighted by atomic mass is 15.1. The molecule has 2 aromatic carbocycles. The maximum absolute atomic E-state index is 9.12. The molecule has 0 bridgehead atoms. The van der Waals surface area contributed by atoms with Crippen molar-refractivity contribution in [2.45, 2.75) is 13.0 Å². The number of aromatic nitrogens is 4. The second-order valence-corrected chi connectivity index (χ2v) is 5.66. The van der Waals surface area contributed by atoms with Gasteiger partial charge < -0.3 is 15.3 Å². The lowest BCUT2D eigenvalue weighted by Crippen LogP contribution is -2.13. The molecule has 0 aliphatic rings. The number of benzene rings is 2. The van der Waals surface area contributed by atoms with Crippen molar-refractivity contribution >= 4 is 22.1 Å². The van der Waals surface area contributed by atoms with Gasteiger partial charge in [0, 0.05) is 13.1 Å². The van der Waals surface area contributed by atoms with Crippen LogP contribution < -0.4 is 5.73 Å². The van der Waals surface area contributed by atoms with E-state index in [0.717, 1.165) is 33.7 Å². The minimum atomic E-state index is 0.509. The lowest BCUT2D eigenvalue weighted by Gasteiger charge is -2.06. The Bertz CT molecular complexity index is 1030. The summed E-state index contributed by atoms with van der Waals surface area (Å²) in [6, 6.07) is 15.6. The van der Waals surface area contributed by atoms with E-state index in [1.54, 1.807) is 6.07 Å². The van der Waals surface area contributed by atoms with E-state index in [4.69, 9.17) is 16.0 Å². The summed E-state index contributed by atoms with van der Waals surface area (Å²) >= 11 is 0. The number of hydrogen-bond donors (Lipinski definition) is 2. The fourth-order valence-electron chi connectivity index (χ4n) is 2.99. The number of para-hydroxylation sites is 2. The monoisotopic (exact) mass is 316 g/mol. The molecular weight excluding hydrogens is 300 g/mol. The lowest BCUT2D eigenvalue weighted by molar-refractivity contribution is 0.685. The molecule has 4 rings (SSSR count). The van der Waals surface area contributed by atoms with Crippen LogP contribution in [0.1, 0.15) is 17.2 Å². The fraction of sp³-hybridized carbons (Fsp3) is 0.167.